The summed E-state index contributed by atoms with van der Waals surface area (Å²) in [4.78, 5) is 12.0. The fraction of sp³-hybridized carbons (Fsp3) is 0.588. The summed E-state index contributed by atoms with van der Waals surface area (Å²) in [6.07, 6.45) is 0.196. The molecule has 1 heterocycles. The van der Waals surface area contributed by atoms with E-state index in [9.17, 15) is 4.79 Å². The molecule has 0 saturated carbocycles. The van der Waals surface area contributed by atoms with Gasteiger partial charge in [0, 0.05) is 0 Å². The van der Waals surface area contributed by atoms with E-state index in [2.05, 4.69) is 0 Å². The standard InChI is InChI=1S/C17H23O5.ClH.Hg/c1-17(2)21-14(10-16(18)19-3)9-15(22-17)12-20-11-13-7-5-4-6-8-13;;/h4-8,10,14-15H,9,11-12H2,1-3H3;1H;/q;;+1/p-1/t14-,15+;;/m1../s1. The monoisotopic (exact) mass is 544 g/mol. The van der Waals surface area contributed by atoms with E-state index in [0.717, 1.165) is 5.56 Å². The van der Waals surface area contributed by atoms with Gasteiger partial charge in [0.1, 0.15) is 0 Å². The van der Waals surface area contributed by atoms with Crippen LogP contribution in [0.25, 0.3) is 0 Å². The van der Waals surface area contributed by atoms with Crippen LogP contribution in [-0.2, 0) is 53.7 Å². The number of ether oxygens (including phenoxy) is 4. The van der Waals surface area contributed by atoms with Crippen LogP contribution in [0, 0.1) is 0 Å². The second-order valence-electron chi connectivity index (χ2n) is 6.32. The summed E-state index contributed by atoms with van der Waals surface area (Å²) in [5, 5.41) is 0. The first-order valence-electron chi connectivity index (χ1n) is 8.06. The van der Waals surface area contributed by atoms with Gasteiger partial charge in [-0.05, 0) is 0 Å². The molecule has 5 nitrogen and oxygen atoms in total. The molecule has 1 aliphatic heterocycles. The van der Waals surface area contributed by atoms with Crippen molar-refractivity contribution in [2.24, 2.45) is 0 Å². The molecular formula is C17H23ClHgO5. The van der Waals surface area contributed by atoms with Gasteiger partial charge in [-0.15, -0.1) is 0 Å². The summed E-state index contributed by atoms with van der Waals surface area (Å²) in [5.74, 6) is -1.03. The second-order valence-corrected chi connectivity index (χ2v) is 13.6. The Morgan fingerprint density at radius 3 is 2.71 bits per heavy atom. The zero-order valence-electron chi connectivity index (χ0n) is 14.4. The van der Waals surface area contributed by atoms with Gasteiger partial charge in [0.25, 0.3) is 0 Å². The zero-order valence-corrected chi connectivity index (χ0v) is 20.6. The van der Waals surface area contributed by atoms with Gasteiger partial charge in [0.2, 0.25) is 0 Å². The minimum absolute atomic E-state index is 0.133. The SMILES string of the molecule is COC(=O)[CH]([Hg][Cl])[C@H]1C[C@@H](COCc2ccccc2)OC(C)(C)O1. The summed E-state index contributed by atoms with van der Waals surface area (Å²) in [5.41, 5.74) is 1.12. The van der Waals surface area contributed by atoms with Crippen molar-refractivity contribution >= 4 is 14.2 Å². The first-order chi connectivity index (χ1) is 11.4. The Morgan fingerprint density at radius 1 is 1.38 bits per heavy atom. The maximum atomic E-state index is 12.0. The molecule has 0 spiro atoms. The van der Waals surface area contributed by atoms with Crippen molar-refractivity contribution in [3.8, 4) is 0 Å². The third-order valence-electron chi connectivity index (χ3n) is 3.92. The zero-order chi connectivity index (χ0) is 17.6. The first kappa shape index (κ1) is 20.1. The van der Waals surface area contributed by atoms with Gasteiger partial charge in [-0.2, -0.15) is 0 Å². The molecule has 24 heavy (non-hydrogen) atoms. The van der Waals surface area contributed by atoms with Crippen LogP contribution in [0.5, 0.6) is 0 Å². The molecule has 0 aromatic heterocycles. The van der Waals surface area contributed by atoms with Crippen molar-refractivity contribution in [3.05, 3.63) is 35.9 Å². The second kappa shape index (κ2) is 9.48. The Balaban J connectivity index is 1.93. The molecule has 2 rings (SSSR count). The molecule has 7 heteroatoms. The van der Waals surface area contributed by atoms with Crippen LogP contribution in [0.15, 0.2) is 30.3 Å². The van der Waals surface area contributed by atoms with E-state index in [-0.39, 0.29) is 21.6 Å². The van der Waals surface area contributed by atoms with Crippen LogP contribution < -0.4 is 0 Å². The van der Waals surface area contributed by atoms with E-state index in [1.165, 1.54) is 7.11 Å². The number of carbonyl (C=O) groups excluding carboxylic acids is 1. The Labute approximate surface area is 158 Å². The fourth-order valence-corrected chi connectivity index (χ4v) is 8.73. The Kier molecular flexibility index (Phi) is 7.94. The predicted octanol–water partition coefficient (Wildman–Crippen LogP) is 3.31. The summed E-state index contributed by atoms with van der Waals surface area (Å²) in [6, 6.07) is 9.99. The van der Waals surface area contributed by atoms with E-state index in [1.54, 1.807) is 0 Å². The average Bonchev–Trinajstić information content (AvgIpc) is 2.55. The van der Waals surface area contributed by atoms with Gasteiger partial charge in [0.05, 0.1) is 0 Å². The normalized spacial score (nSPS) is 24.0. The van der Waals surface area contributed by atoms with Crippen molar-refractivity contribution in [2.45, 2.75) is 48.3 Å². The number of hydrogen-bond donors (Lipinski definition) is 0. The third kappa shape index (κ3) is 5.95. The van der Waals surface area contributed by atoms with Crippen LogP contribution in [0.4, 0.5) is 0 Å². The number of halogens is 1. The molecule has 1 aliphatic rings. The molecule has 0 radical (unpaired) electrons. The Morgan fingerprint density at radius 2 is 2.08 bits per heavy atom. The first-order valence-corrected chi connectivity index (χ1v) is 18.0. The van der Waals surface area contributed by atoms with E-state index in [1.807, 2.05) is 44.2 Å². The molecule has 1 fully saturated rings. The van der Waals surface area contributed by atoms with Crippen molar-refractivity contribution in [3.63, 3.8) is 0 Å². The number of methoxy groups -OCH3 is 1. The number of rotatable bonds is 7. The molecule has 0 bridgehead atoms. The van der Waals surface area contributed by atoms with Gasteiger partial charge in [0.15, 0.2) is 0 Å². The molecule has 3 atom stereocenters. The van der Waals surface area contributed by atoms with Crippen molar-refractivity contribution in [1.82, 2.24) is 0 Å². The minimum atomic E-state index is -1.90. The van der Waals surface area contributed by atoms with Crippen LogP contribution in [0.3, 0.4) is 0 Å². The van der Waals surface area contributed by atoms with Crippen LogP contribution >= 0.6 is 8.25 Å². The van der Waals surface area contributed by atoms with Crippen molar-refractivity contribution in [2.75, 3.05) is 13.7 Å². The molecule has 130 valence electrons. The summed E-state index contributed by atoms with van der Waals surface area (Å²) in [7, 11) is 7.56. The van der Waals surface area contributed by atoms with Crippen molar-refractivity contribution < 1.29 is 47.1 Å². The van der Waals surface area contributed by atoms with E-state index < -0.39 is 29.1 Å². The van der Waals surface area contributed by atoms with Crippen LogP contribution in [0.1, 0.15) is 25.8 Å². The van der Waals surface area contributed by atoms with Gasteiger partial charge in [-0.3, -0.25) is 0 Å². The summed E-state index contributed by atoms with van der Waals surface area (Å²) >= 11 is -1.90. The van der Waals surface area contributed by atoms with Gasteiger partial charge >= 0.3 is 159 Å². The predicted molar refractivity (Wildman–Crippen MR) is 86.2 cm³/mol. The van der Waals surface area contributed by atoms with Crippen molar-refractivity contribution in [1.29, 1.82) is 0 Å². The maximum absolute atomic E-state index is 12.0. The van der Waals surface area contributed by atoms with Gasteiger partial charge in [-0.1, -0.05) is 0 Å². The molecule has 0 aliphatic carbocycles. The van der Waals surface area contributed by atoms with Crippen LogP contribution in [0.2, 0.25) is 3.43 Å². The summed E-state index contributed by atoms with van der Waals surface area (Å²) in [6.45, 7) is 4.68. The van der Waals surface area contributed by atoms with Gasteiger partial charge < -0.3 is 0 Å². The topological polar surface area (TPSA) is 54.0 Å². The van der Waals surface area contributed by atoms with E-state index in [4.69, 9.17) is 27.2 Å². The molecule has 1 saturated heterocycles. The molecular weight excluding hydrogens is 520 g/mol. The quantitative estimate of drug-likeness (QED) is 0.391. The van der Waals surface area contributed by atoms with E-state index >= 15 is 0 Å². The summed E-state index contributed by atoms with van der Waals surface area (Å²) < 4.78 is 22.2. The van der Waals surface area contributed by atoms with Gasteiger partial charge in [-0.25, -0.2) is 0 Å². The molecule has 0 N–H and O–H groups in total. The van der Waals surface area contributed by atoms with Crippen LogP contribution in [-0.4, -0.2) is 37.7 Å². The number of hydrogen-bond acceptors (Lipinski definition) is 5. The van der Waals surface area contributed by atoms with E-state index in [0.29, 0.717) is 19.6 Å². The number of benzene rings is 1. The average molecular weight is 543 g/mol. The Bertz CT molecular complexity index is 525. The molecule has 1 aromatic carbocycles. The molecule has 1 unspecified atom stereocenters. The molecule has 1 aromatic rings. The Hall–Kier alpha value is -0.205. The molecule has 0 amide bonds. The number of esters is 1. The third-order valence-corrected chi connectivity index (χ3v) is 11.5. The fourth-order valence-electron chi connectivity index (χ4n) is 2.85. The number of carbonyl (C=O) groups is 1.